The van der Waals surface area contributed by atoms with Gasteiger partial charge in [-0.1, -0.05) is 32.1 Å². The maximum Gasteiger partial charge on any atom is 0.287 e. The molecule has 5 N–H and O–H groups in total. The number of carbonyl (C=O) groups is 3. The molecular weight excluding hydrogens is 386 g/mol. The summed E-state index contributed by atoms with van der Waals surface area (Å²) in [6.45, 7) is 3.42. The van der Waals surface area contributed by atoms with Gasteiger partial charge >= 0.3 is 0 Å². The second-order valence-electron chi connectivity index (χ2n) is 7.49. The number of fused-ring (bicyclic) bond motifs is 1. The number of benzene rings is 1. The number of aliphatic hydroxyl groups excluding tert-OH is 1. The fraction of sp³-hybridized carbons (Fsp3) is 0.333. The highest BCUT2D eigenvalue weighted by Crippen LogP contribution is 2.13. The van der Waals surface area contributed by atoms with Crippen LogP contribution in [0.25, 0.3) is 11.0 Å². The Morgan fingerprint density at radius 3 is 2.70 bits per heavy atom. The molecule has 0 unspecified atom stereocenters. The standard InChI is InChI=1S/C21H25N5O4/c1-12(2)9-17(20(29)23-14(11-27)10-13-7-8-22-19(13)28)26-21(30)18-24-15-5-3-4-6-16(15)25-18/h3-8,10,12-13,17,27H,9,11H2,1-2H3,(H,22,28)(H,23,29)(H,24,25)(H,26,30)/b14-10+/t13-,17-/m0/s1. The minimum atomic E-state index is -0.839. The van der Waals surface area contributed by atoms with Crippen LogP contribution in [0.2, 0.25) is 0 Å². The first-order valence-corrected chi connectivity index (χ1v) is 9.72. The van der Waals surface area contributed by atoms with Crippen LogP contribution < -0.4 is 16.0 Å². The topological polar surface area (TPSA) is 136 Å². The molecule has 2 heterocycles. The number of aromatic amines is 1. The molecule has 0 bridgehead atoms. The lowest BCUT2D eigenvalue weighted by atomic mass is 10.0. The molecule has 1 aliphatic rings. The van der Waals surface area contributed by atoms with E-state index in [9.17, 15) is 19.5 Å². The number of carbonyl (C=O) groups excluding carboxylic acids is 3. The first-order valence-electron chi connectivity index (χ1n) is 9.72. The number of rotatable bonds is 8. The van der Waals surface area contributed by atoms with E-state index in [1.165, 1.54) is 12.3 Å². The van der Waals surface area contributed by atoms with Crippen LogP contribution in [-0.2, 0) is 9.59 Å². The van der Waals surface area contributed by atoms with Crippen molar-refractivity contribution in [1.82, 2.24) is 25.9 Å². The molecule has 1 aliphatic heterocycles. The zero-order chi connectivity index (χ0) is 21.7. The number of hydrogen-bond acceptors (Lipinski definition) is 5. The van der Waals surface area contributed by atoms with E-state index in [1.54, 1.807) is 12.1 Å². The van der Waals surface area contributed by atoms with Crippen LogP contribution in [0.15, 0.2) is 48.3 Å². The van der Waals surface area contributed by atoms with Crippen LogP contribution in [-0.4, -0.2) is 45.4 Å². The second-order valence-corrected chi connectivity index (χ2v) is 7.49. The first-order chi connectivity index (χ1) is 14.4. The van der Waals surface area contributed by atoms with Crippen LogP contribution in [0.4, 0.5) is 0 Å². The van der Waals surface area contributed by atoms with E-state index >= 15 is 0 Å². The minimum Gasteiger partial charge on any atom is -0.390 e. The molecule has 0 spiro atoms. The summed E-state index contributed by atoms with van der Waals surface area (Å²) in [4.78, 5) is 44.4. The van der Waals surface area contributed by atoms with E-state index < -0.39 is 30.4 Å². The summed E-state index contributed by atoms with van der Waals surface area (Å²) in [7, 11) is 0. The minimum absolute atomic E-state index is 0.114. The summed E-state index contributed by atoms with van der Waals surface area (Å²) in [5.41, 5.74) is 1.57. The first kappa shape index (κ1) is 21.3. The van der Waals surface area contributed by atoms with Crippen molar-refractivity contribution in [2.75, 3.05) is 6.61 Å². The van der Waals surface area contributed by atoms with E-state index in [0.29, 0.717) is 11.9 Å². The van der Waals surface area contributed by atoms with Crippen LogP contribution >= 0.6 is 0 Å². The Balaban J connectivity index is 1.72. The molecule has 0 fully saturated rings. The van der Waals surface area contributed by atoms with Gasteiger partial charge in [-0.2, -0.15) is 0 Å². The predicted octanol–water partition coefficient (Wildman–Crippen LogP) is 0.960. The van der Waals surface area contributed by atoms with Crippen molar-refractivity contribution >= 4 is 28.8 Å². The fourth-order valence-corrected chi connectivity index (χ4v) is 3.13. The highest BCUT2D eigenvalue weighted by Gasteiger charge is 2.25. The van der Waals surface area contributed by atoms with Gasteiger partial charge in [0.2, 0.25) is 11.8 Å². The van der Waals surface area contributed by atoms with Crippen molar-refractivity contribution in [1.29, 1.82) is 0 Å². The molecule has 0 aliphatic carbocycles. The third-order valence-corrected chi connectivity index (χ3v) is 4.60. The number of para-hydroxylation sites is 2. The molecule has 2 atom stereocenters. The summed E-state index contributed by atoms with van der Waals surface area (Å²) in [5, 5.41) is 17.4. The molecule has 1 aromatic heterocycles. The van der Waals surface area contributed by atoms with E-state index in [2.05, 4.69) is 25.9 Å². The number of H-pyrrole nitrogens is 1. The normalized spacial score (nSPS) is 17.3. The van der Waals surface area contributed by atoms with E-state index in [4.69, 9.17) is 0 Å². The van der Waals surface area contributed by atoms with Gasteiger partial charge in [0.05, 0.1) is 23.6 Å². The van der Waals surface area contributed by atoms with Gasteiger partial charge in [-0.3, -0.25) is 14.4 Å². The largest absolute Gasteiger partial charge is 0.390 e. The molecule has 30 heavy (non-hydrogen) atoms. The summed E-state index contributed by atoms with van der Waals surface area (Å²) in [5.74, 6) is -1.55. The Kier molecular flexibility index (Phi) is 6.63. The van der Waals surface area contributed by atoms with Crippen molar-refractivity contribution in [2.45, 2.75) is 26.3 Å². The van der Waals surface area contributed by atoms with Crippen LogP contribution in [0.1, 0.15) is 30.9 Å². The van der Waals surface area contributed by atoms with Gasteiger partial charge in [0, 0.05) is 11.9 Å². The highest BCUT2D eigenvalue weighted by atomic mass is 16.3. The lowest BCUT2D eigenvalue weighted by molar-refractivity contribution is -0.123. The second kappa shape index (κ2) is 9.36. The lowest BCUT2D eigenvalue weighted by Gasteiger charge is -2.20. The van der Waals surface area contributed by atoms with E-state index in [1.807, 2.05) is 32.0 Å². The number of nitrogens with zero attached hydrogens (tertiary/aromatic N) is 1. The van der Waals surface area contributed by atoms with Gasteiger partial charge in [0.25, 0.3) is 5.91 Å². The quantitative estimate of drug-likeness (QED) is 0.441. The molecule has 0 saturated heterocycles. The molecule has 3 amide bonds. The number of aromatic nitrogens is 2. The van der Waals surface area contributed by atoms with E-state index in [-0.39, 0.29) is 23.3 Å². The zero-order valence-corrected chi connectivity index (χ0v) is 16.8. The molecule has 3 rings (SSSR count). The Labute approximate surface area is 173 Å². The third-order valence-electron chi connectivity index (χ3n) is 4.60. The number of nitrogens with one attached hydrogen (secondary N) is 4. The van der Waals surface area contributed by atoms with Crippen molar-refractivity contribution in [2.24, 2.45) is 11.8 Å². The Morgan fingerprint density at radius 1 is 1.30 bits per heavy atom. The average Bonchev–Trinajstić information content (AvgIpc) is 3.32. The van der Waals surface area contributed by atoms with Gasteiger partial charge in [-0.25, -0.2) is 4.98 Å². The number of hydrogen-bond donors (Lipinski definition) is 5. The molecule has 1 aromatic carbocycles. The number of amides is 3. The summed E-state index contributed by atoms with van der Waals surface area (Å²) in [6, 6.07) is 6.41. The maximum absolute atomic E-state index is 12.8. The average molecular weight is 411 g/mol. The molecule has 0 radical (unpaired) electrons. The number of imidazole rings is 1. The highest BCUT2D eigenvalue weighted by molar-refractivity contribution is 5.97. The molecule has 158 valence electrons. The Bertz CT molecular complexity index is 975. The van der Waals surface area contributed by atoms with Gasteiger partial charge in [-0.15, -0.1) is 0 Å². The molecule has 9 nitrogen and oxygen atoms in total. The van der Waals surface area contributed by atoms with Gasteiger partial charge in [-0.05, 0) is 30.5 Å². The van der Waals surface area contributed by atoms with Crippen LogP contribution in [0.5, 0.6) is 0 Å². The van der Waals surface area contributed by atoms with Crippen molar-refractivity contribution in [3.05, 3.63) is 54.1 Å². The van der Waals surface area contributed by atoms with Crippen LogP contribution in [0.3, 0.4) is 0 Å². The SMILES string of the molecule is CC(C)C[C@H](NC(=O)c1nc2ccccc2[nH]1)C(=O)N/C(=C/[C@@H]1C=CNC1=O)CO. The van der Waals surface area contributed by atoms with Crippen LogP contribution in [0, 0.1) is 11.8 Å². The Hall–Kier alpha value is -3.46. The molecular formula is C21H25N5O4. The van der Waals surface area contributed by atoms with Crippen molar-refractivity contribution in [3.63, 3.8) is 0 Å². The Morgan fingerprint density at radius 2 is 2.07 bits per heavy atom. The zero-order valence-electron chi connectivity index (χ0n) is 16.8. The summed E-state index contributed by atoms with van der Waals surface area (Å²) in [6.07, 6.45) is 5.00. The van der Waals surface area contributed by atoms with Crippen molar-refractivity contribution < 1.29 is 19.5 Å². The predicted molar refractivity (Wildman–Crippen MR) is 111 cm³/mol. The monoisotopic (exact) mass is 411 g/mol. The molecule has 2 aromatic rings. The summed E-state index contributed by atoms with van der Waals surface area (Å²) < 4.78 is 0. The van der Waals surface area contributed by atoms with E-state index in [0.717, 1.165) is 5.52 Å². The van der Waals surface area contributed by atoms with Gasteiger partial charge in [0.15, 0.2) is 5.82 Å². The lowest BCUT2D eigenvalue weighted by Crippen LogP contribution is -2.47. The van der Waals surface area contributed by atoms with Gasteiger partial charge < -0.3 is 26.0 Å². The van der Waals surface area contributed by atoms with Crippen molar-refractivity contribution in [3.8, 4) is 0 Å². The molecule has 9 heteroatoms. The number of aliphatic hydroxyl groups is 1. The molecule has 0 saturated carbocycles. The summed E-state index contributed by atoms with van der Waals surface area (Å²) >= 11 is 0. The van der Waals surface area contributed by atoms with Gasteiger partial charge in [0.1, 0.15) is 6.04 Å². The third kappa shape index (κ3) is 5.12. The fourth-order valence-electron chi connectivity index (χ4n) is 3.13. The maximum atomic E-state index is 12.8. The smallest absolute Gasteiger partial charge is 0.287 e.